The Morgan fingerprint density at radius 2 is 2.11 bits per heavy atom. The van der Waals surface area contributed by atoms with E-state index in [9.17, 15) is 0 Å². The number of likely N-dealkylation sites (N-methyl/N-ethyl adjacent to an activating group) is 1. The summed E-state index contributed by atoms with van der Waals surface area (Å²) in [5, 5.41) is 0. The second-order valence-electron chi connectivity index (χ2n) is 5.86. The van der Waals surface area contributed by atoms with Crippen LogP contribution in [-0.4, -0.2) is 42.1 Å². The number of piperazine rings is 1. The first-order valence-corrected chi connectivity index (χ1v) is 6.58. The fraction of sp³-hybridized carbons (Fsp3) is 0.643. The quantitative estimate of drug-likeness (QED) is 0.864. The van der Waals surface area contributed by atoms with Gasteiger partial charge in [0.25, 0.3) is 0 Å². The number of rotatable bonds is 2. The van der Waals surface area contributed by atoms with E-state index in [1.54, 1.807) is 0 Å². The molecule has 2 rings (SSSR count). The van der Waals surface area contributed by atoms with Gasteiger partial charge in [-0.25, -0.2) is 4.98 Å². The van der Waals surface area contributed by atoms with Gasteiger partial charge in [-0.05, 0) is 33.9 Å². The Hall–Kier alpha value is -1.13. The number of nitrogens with zero attached hydrogens (tertiary/aromatic N) is 3. The Balaban J connectivity index is 2.27. The molecule has 0 amide bonds. The van der Waals surface area contributed by atoms with Crippen molar-refractivity contribution in [2.45, 2.75) is 32.4 Å². The number of hydrogen-bond donors (Lipinski definition) is 1. The van der Waals surface area contributed by atoms with Gasteiger partial charge in [-0.3, -0.25) is 4.90 Å². The third-order valence-electron chi connectivity index (χ3n) is 3.92. The smallest absolute Gasteiger partial charge is 0.133 e. The van der Waals surface area contributed by atoms with Crippen molar-refractivity contribution < 1.29 is 0 Å². The summed E-state index contributed by atoms with van der Waals surface area (Å²) in [5.41, 5.74) is 7.35. The molecule has 1 aliphatic heterocycles. The third kappa shape index (κ3) is 2.49. The van der Waals surface area contributed by atoms with Gasteiger partial charge < -0.3 is 10.6 Å². The van der Waals surface area contributed by atoms with Crippen molar-refractivity contribution in [2.75, 3.05) is 31.6 Å². The lowest BCUT2D eigenvalue weighted by Crippen LogP contribution is -2.58. The predicted octanol–water partition coefficient (Wildman–Crippen LogP) is 1.63. The Morgan fingerprint density at radius 3 is 2.72 bits per heavy atom. The number of pyridine rings is 1. The van der Waals surface area contributed by atoms with Crippen molar-refractivity contribution in [3.8, 4) is 0 Å². The van der Waals surface area contributed by atoms with E-state index in [1.807, 2.05) is 19.2 Å². The van der Waals surface area contributed by atoms with E-state index < -0.39 is 0 Å². The number of aromatic nitrogens is 1. The Kier molecular flexibility index (Phi) is 3.59. The van der Waals surface area contributed by atoms with Crippen LogP contribution in [0.2, 0.25) is 0 Å². The molecule has 1 aromatic heterocycles. The van der Waals surface area contributed by atoms with Crippen LogP contribution in [0, 0.1) is 0 Å². The zero-order chi connectivity index (χ0) is 13.3. The lowest BCUT2D eigenvalue weighted by molar-refractivity contribution is 0.138. The maximum absolute atomic E-state index is 6.04. The van der Waals surface area contributed by atoms with Gasteiger partial charge in [0.15, 0.2) is 0 Å². The lowest BCUT2D eigenvalue weighted by atomic mass is 9.99. The van der Waals surface area contributed by atoms with Crippen LogP contribution in [-0.2, 0) is 0 Å². The van der Waals surface area contributed by atoms with Crippen molar-refractivity contribution in [2.24, 2.45) is 5.73 Å². The van der Waals surface area contributed by atoms with Gasteiger partial charge in [0.2, 0.25) is 0 Å². The monoisotopic (exact) mass is 248 g/mol. The number of nitrogens with two attached hydrogens (primary N) is 1. The molecule has 0 aromatic carbocycles. The molecular formula is C14H24N4. The van der Waals surface area contributed by atoms with Crippen molar-refractivity contribution in [1.82, 2.24) is 9.88 Å². The van der Waals surface area contributed by atoms with Crippen LogP contribution in [0.25, 0.3) is 0 Å². The molecular weight excluding hydrogens is 224 g/mol. The van der Waals surface area contributed by atoms with Gasteiger partial charge in [-0.15, -0.1) is 0 Å². The van der Waals surface area contributed by atoms with E-state index in [1.165, 1.54) is 0 Å². The van der Waals surface area contributed by atoms with E-state index in [2.05, 4.69) is 41.7 Å². The molecule has 4 heteroatoms. The summed E-state index contributed by atoms with van der Waals surface area (Å²) in [6.45, 7) is 9.61. The standard InChI is InChI=1S/C14H24N4/c1-11(15)12-6-5-7-16-13(12)18-9-8-17(4)14(2,3)10-18/h5-7,11H,8-10,15H2,1-4H3/t11-/m1/s1. The Morgan fingerprint density at radius 1 is 1.39 bits per heavy atom. The number of anilines is 1. The van der Waals surface area contributed by atoms with Crippen LogP contribution in [0.15, 0.2) is 18.3 Å². The summed E-state index contributed by atoms with van der Waals surface area (Å²) in [7, 11) is 2.18. The van der Waals surface area contributed by atoms with E-state index in [-0.39, 0.29) is 11.6 Å². The molecule has 1 aromatic rings. The molecule has 1 fully saturated rings. The highest BCUT2D eigenvalue weighted by atomic mass is 15.3. The maximum Gasteiger partial charge on any atom is 0.133 e. The van der Waals surface area contributed by atoms with Crippen molar-refractivity contribution >= 4 is 5.82 Å². The minimum Gasteiger partial charge on any atom is -0.353 e. The first kappa shape index (κ1) is 13.3. The molecule has 0 spiro atoms. The van der Waals surface area contributed by atoms with Gasteiger partial charge in [-0.1, -0.05) is 6.07 Å². The molecule has 18 heavy (non-hydrogen) atoms. The molecule has 0 aliphatic carbocycles. The van der Waals surface area contributed by atoms with Gasteiger partial charge in [0, 0.05) is 43.0 Å². The fourth-order valence-electron chi connectivity index (χ4n) is 2.45. The van der Waals surface area contributed by atoms with Gasteiger partial charge in [-0.2, -0.15) is 0 Å². The van der Waals surface area contributed by atoms with Crippen LogP contribution in [0.4, 0.5) is 5.82 Å². The summed E-state index contributed by atoms with van der Waals surface area (Å²) in [6, 6.07) is 4.07. The molecule has 1 aliphatic rings. The fourth-order valence-corrected chi connectivity index (χ4v) is 2.45. The minimum atomic E-state index is 0.0245. The molecule has 4 nitrogen and oxygen atoms in total. The lowest BCUT2D eigenvalue weighted by Gasteiger charge is -2.46. The molecule has 100 valence electrons. The van der Waals surface area contributed by atoms with Gasteiger partial charge in [0.05, 0.1) is 0 Å². The summed E-state index contributed by atoms with van der Waals surface area (Å²) in [5.74, 6) is 1.05. The molecule has 0 saturated carbocycles. The van der Waals surface area contributed by atoms with Crippen LogP contribution >= 0.6 is 0 Å². The third-order valence-corrected chi connectivity index (χ3v) is 3.92. The first-order chi connectivity index (χ1) is 8.42. The SMILES string of the molecule is C[C@@H](N)c1cccnc1N1CCN(C)C(C)(C)C1. The molecule has 1 atom stereocenters. The summed E-state index contributed by atoms with van der Waals surface area (Å²) in [4.78, 5) is 9.30. The van der Waals surface area contributed by atoms with E-state index >= 15 is 0 Å². The summed E-state index contributed by atoms with van der Waals surface area (Å²) in [6.07, 6.45) is 1.85. The largest absolute Gasteiger partial charge is 0.353 e. The highest BCUT2D eigenvalue weighted by Gasteiger charge is 2.32. The van der Waals surface area contributed by atoms with Crippen LogP contribution < -0.4 is 10.6 Å². The average Bonchev–Trinajstić information content (AvgIpc) is 2.32. The average molecular weight is 248 g/mol. The Bertz CT molecular complexity index is 414. The first-order valence-electron chi connectivity index (χ1n) is 6.58. The highest BCUT2D eigenvalue weighted by molar-refractivity contribution is 5.49. The van der Waals surface area contributed by atoms with E-state index in [0.29, 0.717) is 0 Å². The molecule has 2 N–H and O–H groups in total. The zero-order valence-corrected chi connectivity index (χ0v) is 11.8. The molecule has 1 saturated heterocycles. The summed E-state index contributed by atoms with van der Waals surface area (Å²) < 4.78 is 0. The van der Waals surface area contributed by atoms with Crippen molar-refractivity contribution in [1.29, 1.82) is 0 Å². The highest BCUT2D eigenvalue weighted by Crippen LogP contribution is 2.27. The van der Waals surface area contributed by atoms with Crippen LogP contribution in [0.5, 0.6) is 0 Å². The van der Waals surface area contributed by atoms with Gasteiger partial charge in [0.1, 0.15) is 5.82 Å². The molecule has 0 bridgehead atoms. The predicted molar refractivity (Wildman–Crippen MR) is 75.8 cm³/mol. The van der Waals surface area contributed by atoms with Crippen LogP contribution in [0.3, 0.4) is 0 Å². The summed E-state index contributed by atoms with van der Waals surface area (Å²) >= 11 is 0. The van der Waals surface area contributed by atoms with Crippen molar-refractivity contribution in [3.05, 3.63) is 23.9 Å². The van der Waals surface area contributed by atoms with E-state index in [0.717, 1.165) is 31.0 Å². The van der Waals surface area contributed by atoms with Crippen molar-refractivity contribution in [3.63, 3.8) is 0 Å². The molecule has 0 unspecified atom stereocenters. The number of hydrogen-bond acceptors (Lipinski definition) is 4. The second-order valence-corrected chi connectivity index (χ2v) is 5.86. The normalized spacial score (nSPS) is 21.9. The van der Waals surface area contributed by atoms with Crippen LogP contribution in [0.1, 0.15) is 32.4 Å². The second kappa shape index (κ2) is 4.86. The maximum atomic E-state index is 6.04. The molecule has 0 radical (unpaired) electrons. The van der Waals surface area contributed by atoms with E-state index in [4.69, 9.17) is 5.73 Å². The Labute approximate surface area is 110 Å². The topological polar surface area (TPSA) is 45.4 Å². The van der Waals surface area contributed by atoms with Gasteiger partial charge >= 0.3 is 0 Å². The molecule has 2 heterocycles. The minimum absolute atomic E-state index is 0.0245. The zero-order valence-electron chi connectivity index (χ0n) is 11.8.